The lowest BCUT2D eigenvalue weighted by Crippen LogP contribution is -2.48. The van der Waals surface area contributed by atoms with Gasteiger partial charge in [-0.2, -0.15) is 0 Å². The molecule has 0 aromatic carbocycles. The molecule has 2 atom stereocenters. The number of aliphatic imine (C=N–C) groups is 1. The third-order valence-corrected chi connectivity index (χ3v) is 4.92. The Balaban J connectivity index is 0.00000176. The standard InChI is InChI=1S/C15H24N4OS.HI/c1-12-11-19(7-8-20-12)13(14-4-2-9-21-14)10-18-15-16-5-3-6-17-15;/h2,4,9,12-13H,3,5-8,10-11H2,1H3,(H2,16,17,18);1H. The van der Waals surface area contributed by atoms with Gasteiger partial charge in [0.15, 0.2) is 5.96 Å². The fourth-order valence-corrected chi connectivity index (χ4v) is 3.72. The van der Waals surface area contributed by atoms with Gasteiger partial charge in [-0.1, -0.05) is 6.07 Å². The highest BCUT2D eigenvalue weighted by Crippen LogP contribution is 2.26. The van der Waals surface area contributed by atoms with Crippen LogP contribution < -0.4 is 10.6 Å². The molecule has 3 heterocycles. The van der Waals surface area contributed by atoms with E-state index in [4.69, 9.17) is 4.74 Å². The van der Waals surface area contributed by atoms with E-state index < -0.39 is 0 Å². The molecule has 0 radical (unpaired) electrons. The summed E-state index contributed by atoms with van der Waals surface area (Å²) in [6, 6.07) is 4.75. The molecular weight excluding hydrogens is 411 g/mol. The fourth-order valence-electron chi connectivity index (χ4n) is 2.86. The van der Waals surface area contributed by atoms with Gasteiger partial charge in [-0.05, 0) is 24.8 Å². The van der Waals surface area contributed by atoms with E-state index in [1.807, 2.05) is 11.3 Å². The smallest absolute Gasteiger partial charge is 0.191 e. The molecule has 2 aliphatic heterocycles. The number of guanidine groups is 1. The lowest BCUT2D eigenvalue weighted by Gasteiger charge is -2.37. The molecule has 0 spiro atoms. The molecule has 5 nitrogen and oxygen atoms in total. The van der Waals surface area contributed by atoms with Crippen LogP contribution in [0.2, 0.25) is 0 Å². The summed E-state index contributed by atoms with van der Waals surface area (Å²) < 4.78 is 5.68. The average molecular weight is 436 g/mol. The molecule has 1 aromatic heterocycles. The second kappa shape index (κ2) is 9.05. The van der Waals surface area contributed by atoms with Crippen molar-refractivity contribution in [1.29, 1.82) is 0 Å². The van der Waals surface area contributed by atoms with Crippen molar-refractivity contribution in [3.63, 3.8) is 0 Å². The number of nitrogens with zero attached hydrogens (tertiary/aromatic N) is 2. The molecule has 0 amide bonds. The lowest BCUT2D eigenvalue weighted by atomic mass is 10.1. The van der Waals surface area contributed by atoms with Gasteiger partial charge in [-0.25, -0.2) is 0 Å². The Morgan fingerprint density at radius 2 is 2.50 bits per heavy atom. The molecule has 1 aromatic rings. The summed E-state index contributed by atoms with van der Waals surface area (Å²) >= 11 is 1.83. The molecule has 2 aliphatic rings. The molecule has 124 valence electrons. The molecule has 7 heteroatoms. The first-order chi connectivity index (χ1) is 10.3. The first kappa shape index (κ1) is 18.0. The minimum atomic E-state index is 0. The average Bonchev–Trinajstić information content (AvgIpc) is 3.03. The highest BCUT2D eigenvalue weighted by molar-refractivity contribution is 14.0. The molecule has 3 rings (SSSR count). The summed E-state index contributed by atoms with van der Waals surface area (Å²) in [5.74, 6) is 0.948. The molecule has 0 aliphatic carbocycles. The van der Waals surface area contributed by atoms with Crippen LogP contribution in [-0.2, 0) is 4.74 Å². The molecule has 0 saturated carbocycles. The van der Waals surface area contributed by atoms with Crippen molar-refractivity contribution in [3.05, 3.63) is 22.4 Å². The summed E-state index contributed by atoms with van der Waals surface area (Å²) in [6.07, 6.45) is 1.44. The summed E-state index contributed by atoms with van der Waals surface area (Å²) in [5.41, 5.74) is 0. The Morgan fingerprint density at radius 1 is 1.59 bits per heavy atom. The first-order valence-corrected chi connectivity index (χ1v) is 8.62. The van der Waals surface area contributed by atoms with Crippen LogP contribution in [0, 0.1) is 0 Å². The fraction of sp³-hybridized carbons (Fsp3) is 0.667. The van der Waals surface area contributed by atoms with E-state index in [1.54, 1.807) is 0 Å². The van der Waals surface area contributed by atoms with Gasteiger partial charge in [0.25, 0.3) is 0 Å². The normalized spacial score (nSPS) is 23.9. The van der Waals surface area contributed by atoms with Crippen LogP contribution in [0.3, 0.4) is 0 Å². The molecule has 1 fully saturated rings. The summed E-state index contributed by atoms with van der Waals surface area (Å²) in [5, 5.41) is 8.97. The number of thiophene rings is 1. The Bertz CT molecular complexity index is 468. The third-order valence-electron chi connectivity index (χ3n) is 3.94. The number of morpholine rings is 1. The Labute approximate surface area is 153 Å². The van der Waals surface area contributed by atoms with Crippen molar-refractivity contribution in [2.75, 3.05) is 39.3 Å². The van der Waals surface area contributed by atoms with E-state index in [0.29, 0.717) is 12.1 Å². The van der Waals surface area contributed by atoms with Gasteiger partial charge in [0.05, 0.1) is 18.8 Å². The molecule has 1 saturated heterocycles. The molecule has 2 N–H and O–H groups in total. The minimum absolute atomic E-state index is 0. The number of hydrogen-bond acceptors (Lipinski definition) is 6. The van der Waals surface area contributed by atoms with E-state index in [1.165, 1.54) is 4.88 Å². The zero-order valence-electron chi connectivity index (χ0n) is 13.0. The third kappa shape index (κ3) is 4.81. The van der Waals surface area contributed by atoms with Crippen LogP contribution in [0.1, 0.15) is 24.3 Å². The summed E-state index contributed by atoms with van der Waals surface area (Å²) in [7, 11) is 0. The van der Waals surface area contributed by atoms with E-state index in [0.717, 1.165) is 51.7 Å². The van der Waals surface area contributed by atoms with Gasteiger partial charge in [0, 0.05) is 37.6 Å². The van der Waals surface area contributed by atoms with Crippen LogP contribution in [0.15, 0.2) is 22.5 Å². The predicted octanol–water partition coefficient (Wildman–Crippen LogP) is 2.07. The van der Waals surface area contributed by atoms with E-state index in [-0.39, 0.29) is 24.0 Å². The van der Waals surface area contributed by atoms with Crippen molar-refractivity contribution in [2.24, 2.45) is 4.99 Å². The lowest BCUT2D eigenvalue weighted by molar-refractivity contribution is -0.0334. The second-order valence-corrected chi connectivity index (χ2v) is 6.58. The monoisotopic (exact) mass is 436 g/mol. The second-order valence-electron chi connectivity index (χ2n) is 5.60. The SMILES string of the molecule is CC1CN(C(CNC2=NCCCN2)c2cccs2)CCO1.I. The zero-order chi connectivity index (χ0) is 14.5. The number of rotatable bonds is 4. The summed E-state index contributed by atoms with van der Waals surface area (Å²) in [4.78, 5) is 8.43. The topological polar surface area (TPSA) is 48.9 Å². The van der Waals surface area contributed by atoms with Crippen LogP contribution in [0.25, 0.3) is 0 Å². The van der Waals surface area contributed by atoms with Crippen molar-refractivity contribution >= 4 is 41.3 Å². The minimum Gasteiger partial charge on any atom is -0.376 e. The molecule has 0 bridgehead atoms. The van der Waals surface area contributed by atoms with Gasteiger partial charge >= 0.3 is 0 Å². The quantitative estimate of drug-likeness (QED) is 0.710. The Hall–Kier alpha value is -0.380. The maximum absolute atomic E-state index is 5.68. The van der Waals surface area contributed by atoms with Gasteiger partial charge in [0.1, 0.15) is 0 Å². The molecule has 22 heavy (non-hydrogen) atoms. The van der Waals surface area contributed by atoms with Crippen LogP contribution in [-0.4, -0.2) is 56.3 Å². The van der Waals surface area contributed by atoms with Gasteiger partial charge in [0.2, 0.25) is 0 Å². The largest absolute Gasteiger partial charge is 0.376 e. The van der Waals surface area contributed by atoms with Crippen LogP contribution >= 0.6 is 35.3 Å². The van der Waals surface area contributed by atoms with Gasteiger partial charge < -0.3 is 15.4 Å². The van der Waals surface area contributed by atoms with E-state index in [2.05, 4.69) is 45.0 Å². The van der Waals surface area contributed by atoms with Crippen molar-refractivity contribution in [1.82, 2.24) is 15.5 Å². The van der Waals surface area contributed by atoms with Crippen LogP contribution in [0.5, 0.6) is 0 Å². The highest BCUT2D eigenvalue weighted by atomic mass is 127. The first-order valence-electron chi connectivity index (χ1n) is 7.74. The van der Waals surface area contributed by atoms with Crippen molar-refractivity contribution < 1.29 is 4.74 Å². The maximum atomic E-state index is 5.68. The Morgan fingerprint density at radius 3 is 3.18 bits per heavy atom. The van der Waals surface area contributed by atoms with E-state index >= 15 is 0 Å². The number of halogens is 1. The maximum Gasteiger partial charge on any atom is 0.191 e. The number of nitrogens with one attached hydrogen (secondary N) is 2. The molecule has 2 unspecified atom stereocenters. The predicted molar refractivity (Wildman–Crippen MR) is 102 cm³/mol. The van der Waals surface area contributed by atoms with Crippen LogP contribution in [0.4, 0.5) is 0 Å². The summed E-state index contributed by atoms with van der Waals surface area (Å²) in [6.45, 7) is 7.79. The highest BCUT2D eigenvalue weighted by Gasteiger charge is 2.26. The van der Waals surface area contributed by atoms with Crippen molar-refractivity contribution in [2.45, 2.75) is 25.5 Å². The van der Waals surface area contributed by atoms with Gasteiger partial charge in [-0.3, -0.25) is 9.89 Å². The Kier molecular flexibility index (Phi) is 7.39. The zero-order valence-corrected chi connectivity index (χ0v) is 16.1. The van der Waals surface area contributed by atoms with Gasteiger partial charge in [-0.15, -0.1) is 35.3 Å². The van der Waals surface area contributed by atoms with Crippen molar-refractivity contribution in [3.8, 4) is 0 Å². The van der Waals surface area contributed by atoms with E-state index in [9.17, 15) is 0 Å². The molecular formula is C15H25IN4OS. The number of hydrogen-bond donors (Lipinski definition) is 2. The number of ether oxygens (including phenoxy) is 1.